The lowest BCUT2D eigenvalue weighted by Gasteiger charge is -2.32. The molecule has 1 aromatic rings. The molecule has 1 fully saturated rings. The van der Waals surface area contributed by atoms with Crippen LogP contribution in [0.2, 0.25) is 0 Å². The predicted octanol–water partition coefficient (Wildman–Crippen LogP) is -0.0263. The Kier molecular flexibility index (Phi) is 3.56. The van der Waals surface area contributed by atoms with Crippen molar-refractivity contribution in [3.63, 3.8) is 0 Å². The van der Waals surface area contributed by atoms with Crippen molar-refractivity contribution in [2.75, 3.05) is 19.7 Å². The quantitative estimate of drug-likeness (QED) is 0.799. The van der Waals surface area contributed by atoms with Gasteiger partial charge in [-0.2, -0.15) is 0 Å². The normalized spacial score (nSPS) is 31.6. The Morgan fingerprint density at radius 2 is 2.37 bits per heavy atom. The van der Waals surface area contributed by atoms with Crippen molar-refractivity contribution in [3.05, 3.63) is 12.2 Å². The van der Waals surface area contributed by atoms with Gasteiger partial charge in [-0.25, -0.2) is 0 Å². The molecule has 0 bridgehead atoms. The minimum Gasteiger partial charge on any atom is -0.394 e. The SMILES string of the molecule is NC1(CO)CCCC1CCN1CCn2cnnc2C1. The Morgan fingerprint density at radius 3 is 3.21 bits per heavy atom. The molecule has 0 aromatic carbocycles. The summed E-state index contributed by atoms with van der Waals surface area (Å²) in [5, 5.41) is 17.6. The summed E-state index contributed by atoms with van der Waals surface area (Å²) >= 11 is 0. The zero-order valence-electron chi connectivity index (χ0n) is 11.3. The molecule has 2 aliphatic rings. The summed E-state index contributed by atoms with van der Waals surface area (Å²) < 4.78 is 2.12. The first kappa shape index (κ1) is 13.0. The van der Waals surface area contributed by atoms with Gasteiger partial charge in [0.1, 0.15) is 12.2 Å². The molecular weight excluding hydrogens is 242 g/mol. The van der Waals surface area contributed by atoms with E-state index in [2.05, 4.69) is 19.7 Å². The second kappa shape index (κ2) is 5.19. The molecule has 19 heavy (non-hydrogen) atoms. The number of aromatic nitrogens is 3. The van der Waals surface area contributed by atoms with Gasteiger partial charge in [0.05, 0.1) is 13.2 Å². The standard InChI is InChI=1S/C13H23N5O/c14-13(9-19)4-1-2-11(13)3-5-17-6-7-18-10-15-16-12(18)8-17/h10-11,19H,1-9,14H2. The second-order valence-electron chi connectivity index (χ2n) is 5.99. The highest BCUT2D eigenvalue weighted by atomic mass is 16.3. The first-order valence-electron chi connectivity index (χ1n) is 7.20. The van der Waals surface area contributed by atoms with E-state index in [1.165, 1.54) is 0 Å². The van der Waals surface area contributed by atoms with Crippen molar-refractivity contribution in [2.45, 2.75) is 44.3 Å². The molecule has 2 heterocycles. The zero-order chi connectivity index (χ0) is 13.3. The molecule has 2 atom stereocenters. The Labute approximate surface area is 113 Å². The summed E-state index contributed by atoms with van der Waals surface area (Å²) in [6, 6.07) is 0. The minimum atomic E-state index is -0.337. The Balaban J connectivity index is 1.53. The van der Waals surface area contributed by atoms with Crippen molar-refractivity contribution in [3.8, 4) is 0 Å². The van der Waals surface area contributed by atoms with Gasteiger partial charge < -0.3 is 15.4 Å². The number of rotatable bonds is 4. The summed E-state index contributed by atoms with van der Waals surface area (Å²) in [6.07, 6.45) is 6.14. The largest absolute Gasteiger partial charge is 0.394 e. The highest BCUT2D eigenvalue weighted by Crippen LogP contribution is 2.35. The van der Waals surface area contributed by atoms with Crippen LogP contribution in [0.1, 0.15) is 31.5 Å². The third-order valence-electron chi connectivity index (χ3n) is 4.81. The number of aliphatic hydroxyl groups excluding tert-OH is 1. The molecular formula is C13H23N5O. The minimum absolute atomic E-state index is 0.117. The number of hydrogen-bond acceptors (Lipinski definition) is 5. The Bertz CT molecular complexity index is 434. The fourth-order valence-corrected chi connectivity index (χ4v) is 3.45. The molecule has 2 unspecified atom stereocenters. The van der Waals surface area contributed by atoms with Crippen molar-refractivity contribution in [1.29, 1.82) is 0 Å². The van der Waals surface area contributed by atoms with Crippen molar-refractivity contribution < 1.29 is 5.11 Å². The van der Waals surface area contributed by atoms with Crippen LogP contribution >= 0.6 is 0 Å². The summed E-state index contributed by atoms with van der Waals surface area (Å²) in [5.41, 5.74) is 5.95. The van der Waals surface area contributed by atoms with E-state index in [0.717, 1.165) is 57.7 Å². The van der Waals surface area contributed by atoms with E-state index >= 15 is 0 Å². The number of hydrogen-bond donors (Lipinski definition) is 2. The van der Waals surface area contributed by atoms with Gasteiger partial charge in [0, 0.05) is 18.6 Å². The number of nitrogens with two attached hydrogens (primary N) is 1. The average Bonchev–Trinajstić information content (AvgIpc) is 3.03. The lowest BCUT2D eigenvalue weighted by molar-refractivity contribution is 0.136. The number of aliphatic hydroxyl groups is 1. The molecule has 1 aliphatic heterocycles. The molecule has 6 nitrogen and oxygen atoms in total. The first-order chi connectivity index (χ1) is 9.21. The van der Waals surface area contributed by atoms with Crippen LogP contribution in [0.5, 0.6) is 0 Å². The van der Waals surface area contributed by atoms with Gasteiger partial charge in [0.2, 0.25) is 0 Å². The van der Waals surface area contributed by atoms with E-state index in [1.54, 1.807) is 6.33 Å². The van der Waals surface area contributed by atoms with E-state index in [4.69, 9.17) is 5.73 Å². The van der Waals surface area contributed by atoms with E-state index in [-0.39, 0.29) is 12.1 Å². The van der Waals surface area contributed by atoms with Crippen LogP contribution in [0.4, 0.5) is 0 Å². The second-order valence-corrected chi connectivity index (χ2v) is 5.99. The topological polar surface area (TPSA) is 80.2 Å². The van der Waals surface area contributed by atoms with Gasteiger partial charge in [-0.05, 0) is 31.7 Å². The van der Waals surface area contributed by atoms with Crippen LogP contribution in [-0.4, -0.2) is 50.0 Å². The monoisotopic (exact) mass is 265 g/mol. The fourth-order valence-electron chi connectivity index (χ4n) is 3.45. The molecule has 1 aliphatic carbocycles. The van der Waals surface area contributed by atoms with E-state index in [1.807, 2.05) is 0 Å². The lowest BCUT2D eigenvalue weighted by Crippen LogP contribution is -2.48. The maximum Gasteiger partial charge on any atom is 0.147 e. The average molecular weight is 265 g/mol. The molecule has 6 heteroatoms. The molecule has 3 N–H and O–H groups in total. The van der Waals surface area contributed by atoms with Crippen LogP contribution in [0.3, 0.4) is 0 Å². The summed E-state index contributed by atoms with van der Waals surface area (Å²) in [4.78, 5) is 2.42. The number of fused-ring (bicyclic) bond motifs is 1. The van der Waals surface area contributed by atoms with Gasteiger partial charge in [0.25, 0.3) is 0 Å². The van der Waals surface area contributed by atoms with Crippen molar-refractivity contribution in [1.82, 2.24) is 19.7 Å². The molecule has 106 valence electrons. The maximum atomic E-state index is 9.47. The zero-order valence-corrected chi connectivity index (χ0v) is 11.3. The molecule has 1 saturated carbocycles. The highest BCUT2D eigenvalue weighted by Gasteiger charge is 2.38. The summed E-state index contributed by atoms with van der Waals surface area (Å²) in [5.74, 6) is 1.51. The number of nitrogens with zero attached hydrogens (tertiary/aromatic N) is 4. The maximum absolute atomic E-state index is 9.47. The summed E-state index contributed by atoms with van der Waals surface area (Å²) in [7, 11) is 0. The van der Waals surface area contributed by atoms with E-state index in [0.29, 0.717) is 5.92 Å². The van der Waals surface area contributed by atoms with Gasteiger partial charge in [-0.3, -0.25) is 4.90 Å². The smallest absolute Gasteiger partial charge is 0.147 e. The van der Waals surface area contributed by atoms with Crippen LogP contribution in [0, 0.1) is 5.92 Å². The molecule has 0 amide bonds. The van der Waals surface area contributed by atoms with Gasteiger partial charge in [-0.15, -0.1) is 10.2 Å². The van der Waals surface area contributed by atoms with Crippen LogP contribution in [0.15, 0.2) is 6.33 Å². The van der Waals surface area contributed by atoms with Gasteiger partial charge in [0.15, 0.2) is 0 Å². The van der Waals surface area contributed by atoms with Gasteiger partial charge in [-0.1, -0.05) is 6.42 Å². The third kappa shape index (κ3) is 2.52. The first-order valence-corrected chi connectivity index (χ1v) is 7.20. The Hall–Kier alpha value is -0.980. The van der Waals surface area contributed by atoms with Crippen LogP contribution in [0.25, 0.3) is 0 Å². The highest BCUT2D eigenvalue weighted by molar-refractivity contribution is 4.97. The fraction of sp³-hybridized carbons (Fsp3) is 0.846. The van der Waals surface area contributed by atoms with Crippen molar-refractivity contribution in [2.24, 2.45) is 11.7 Å². The van der Waals surface area contributed by atoms with Crippen molar-refractivity contribution >= 4 is 0 Å². The molecule has 0 saturated heterocycles. The predicted molar refractivity (Wildman–Crippen MR) is 71.3 cm³/mol. The van der Waals surface area contributed by atoms with Crippen LogP contribution < -0.4 is 5.73 Å². The van der Waals surface area contributed by atoms with Gasteiger partial charge >= 0.3 is 0 Å². The lowest BCUT2D eigenvalue weighted by atomic mass is 9.86. The molecule has 1 aromatic heterocycles. The van der Waals surface area contributed by atoms with E-state index in [9.17, 15) is 5.11 Å². The van der Waals surface area contributed by atoms with Crippen LogP contribution in [-0.2, 0) is 13.1 Å². The third-order valence-corrected chi connectivity index (χ3v) is 4.81. The van der Waals surface area contributed by atoms with E-state index < -0.39 is 0 Å². The molecule has 0 spiro atoms. The summed E-state index contributed by atoms with van der Waals surface area (Å²) in [6.45, 7) is 4.06. The molecule has 3 rings (SSSR count). The molecule has 0 radical (unpaired) electrons. The Morgan fingerprint density at radius 1 is 1.47 bits per heavy atom.